The Morgan fingerprint density at radius 3 is 2.44 bits per heavy atom. The van der Waals surface area contributed by atoms with Crippen LogP contribution in [0.3, 0.4) is 0 Å². The minimum atomic E-state index is -1.06. The highest BCUT2D eigenvalue weighted by atomic mass is 16.5. The van der Waals surface area contributed by atoms with Crippen LogP contribution in [-0.4, -0.2) is 36.0 Å². The molecule has 0 bridgehead atoms. The van der Waals surface area contributed by atoms with E-state index in [-0.39, 0.29) is 11.5 Å². The highest BCUT2D eigenvalue weighted by molar-refractivity contribution is 6.35. The summed E-state index contributed by atoms with van der Waals surface area (Å²) in [5.41, 5.74) is 2.78. The van der Waals surface area contributed by atoms with Gasteiger partial charge in [-0.1, -0.05) is 18.2 Å². The maximum absolute atomic E-state index is 12.5. The lowest BCUT2D eigenvalue weighted by atomic mass is 10.0. The number of imide groups is 1. The second kappa shape index (κ2) is 9.29. The summed E-state index contributed by atoms with van der Waals surface area (Å²) in [7, 11) is 1.51. The van der Waals surface area contributed by atoms with Gasteiger partial charge in [0.15, 0.2) is 0 Å². The number of fused-ring (bicyclic) bond motifs is 1. The molecular formula is C25H19N3O6. The van der Waals surface area contributed by atoms with Gasteiger partial charge in [0.25, 0.3) is 11.8 Å². The van der Waals surface area contributed by atoms with Crippen LogP contribution in [0.25, 0.3) is 11.6 Å². The van der Waals surface area contributed by atoms with E-state index in [0.29, 0.717) is 39.4 Å². The summed E-state index contributed by atoms with van der Waals surface area (Å²) >= 11 is 0. The van der Waals surface area contributed by atoms with Gasteiger partial charge in [-0.3, -0.25) is 14.9 Å². The lowest BCUT2D eigenvalue weighted by Gasteiger charge is -2.09. The zero-order valence-electron chi connectivity index (χ0n) is 17.9. The topological polar surface area (TPSA) is 134 Å². The monoisotopic (exact) mass is 457 g/mol. The van der Waals surface area contributed by atoms with Gasteiger partial charge in [0, 0.05) is 22.4 Å². The largest absolute Gasteiger partial charge is 0.497 e. The number of benzene rings is 3. The summed E-state index contributed by atoms with van der Waals surface area (Å²) in [6, 6.07) is 16.6. The number of carbonyl (C=O) groups excluding carboxylic acids is 3. The fourth-order valence-electron chi connectivity index (χ4n) is 3.42. The van der Waals surface area contributed by atoms with Crippen LogP contribution in [0, 0.1) is 0 Å². The summed E-state index contributed by atoms with van der Waals surface area (Å²) in [5.74, 6) is -1.41. The van der Waals surface area contributed by atoms with Gasteiger partial charge < -0.3 is 20.5 Å². The first-order valence-corrected chi connectivity index (χ1v) is 10.1. The Morgan fingerprint density at radius 1 is 0.971 bits per heavy atom. The molecule has 0 saturated carbocycles. The number of ether oxygens (including phenoxy) is 1. The quantitative estimate of drug-likeness (QED) is 0.430. The van der Waals surface area contributed by atoms with Crippen molar-refractivity contribution in [3.8, 4) is 5.75 Å². The van der Waals surface area contributed by atoms with Gasteiger partial charge in [0.05, 0.1) is 18.4 Å². The molecule has 1 heterocycles. The molecular weight excluding hydrogens is 438 g/mol. The van der Waals surface area contributed by atoms with Crippen molar-refractivity contribution in [2.75, 3.05) is 17.7 Å². The molecule has 3 aromatic carbocycles. The molecule has 4 N–H and O–H groups in total. The number of urea groups is 1. The van der Waals surface area contributed by atoms with Gasteiger partial charge in [-0.2, -0.15) is 0 Å². The zero-order valence-corrected chi connectivity index (χ0v) is 17.9. The van der Waals surface area contributed by atoms with E-state index in [2.05, 4.69) is 16.0 Å². The Morgan fingerprint density at radius 2 is 1.74 bits per heavy atom. The number of amides is 4. The van der Waals surface area contributed by atoms with Crippen LogP contribution in [0.2, 0.25) is 0 Å². The van der Waals surface area contributed by atoms with Crippen LogP contribution >= 0.6 is 0 Å². The molecule has 3 aromatic rings. The summed E-state index contributed by atoms with van der Waals surface area (Å²) < 4.78 is 5.04. The predicted molar refractivity (Wildman–Crippen MR) is 126 cm³/mol. The highest BCUT2D eigenvalue weighted by Crippen LogP contribution is 2.35. The van der Waals surface area contributed by atoms with Crippen LogP contribution in [0.5, 0.6) is 5.75 Å². The number of carboxylic acid groups (broad SMARTS) is 1. The lowest BCUT2D eigenvalue weighted by molar-refractivity contribution is -0.110. The van der Waals surface area contributed by atoms with Crippen LogP contribution in [0.1, 0.15) is 31.8 Å². The molecule has 0 saturated heterocycles. The van der Waals surface area contributed by atoms with Gasteiger partial charge in [-0.25, -0.2) is 9.59 Å². The van der Waals surface area contributed by atoms with Crippen molar-refractivity contribution in [1.29, 1.82) is 0 Å². The third kappa shape index (κ3) is 4.78. The van der Waals surface area contributed by atoms with Gasteiger partial charge in [-0.15, -0.1) is 0 Å². The Labute approximate surface area is 194 Å². The second-order valence-corrected chi connectivity index (χ2v) is 7.34. The smallest absolute Gasteiger partial charge is 0.335 e. The third-order valence-electron chi connectivity index (χ3n) is 5.08. The summed E-state index contributed by atoms with van der Waals surface area (Å²) in [6.07, 6.45) is 1.60. The van der Waals surface area contributed by atoms with Crippen molar-refractivity contribution in [1.82, 2.24) is 5.32 Å². The number of hydrogen-bond donors (Lipinski definition) is 4. The van der Waals surface area contributed by atoms with E-state index >= 15 is 0 Å². The van der Waals surface area contributed by atoms with Gasteiger partial charge >= 0.3 is 12.0 Å². The fraction of sp³-hybridized carbons (Fsp3) is 0.0400. The molecule has 0 aliphatic carbocycles. The normalized spacial score (nSPS) is 13.1. The van der Waals surface area contributed by atoms with E-state index in [0.717, 1.165) is 0 Å². The summed E-state index contributed by atoms with van der Waals surface area (Å²) in [6.45, 7) is 0. The maximum Gasteiger partial charge on any atom is 0.335 e. The van der Waals surface area contributed by atoms with E-state index in [4.69, 9.17) is 9.84 Å². The molecule has 0 spiro atoms. The molecule has 0 unspecified atom stereocenters. The number of carboxylic acids is 1. The Bertz CT molecular complexity index is 1350. The van der Waals surface area contributed by atoms with E-state index in [1.165, 1.54) is 31.4 Å². The molecule has 0 atom stereocenters. The van der Waals surface area contributed by atoms with Crippen LogP contribution in [-0.2, 0) is 4.79 Å². The van der Waals surface area contributed by atoms with E-state index in [1.807, 2.05) is 0 Å². The molecule has 1 aliphatic heterocycles. The van der Waals surface area contributed by atoms with Crippen molar-refractivity contribution in [2.24, 2.45) is 0 Å². The fourth-order valence-corrected chi connectivity index (χ4v) is 3.42. The van der Waals surface area contributed by atoms with Gasteiger partial charge in [0.2, 0.25) is 0 Å². The van der Waals surface area contributed by atoms with E-state index < -0.39 is 17.9 Å². The second-order valence-electron chi connectivity index (χ2n) is 7.34. The average Bonchev–Trinajstić information content (AvgIpc) is 3.13. The number of nitrogens with one attached hydrogen (secondary N) is 3. The minimum Gasteiger partial charge on any atom is -0.497 e. The number of rotatable bonds is 5. The Hall–Kier alpha value is -4.92. The molecule has 0 fully saturated rings. The standard InChI is InChI=1S/C25H19N3O6/c1-34-18-8-5-15(6-9-18)22(29)28-25(33)26-17-7-10-19-20(23(30)27-21(19)13-17)12-14-3-2-4-16(11-14)24(31)32/h2-13H,1H3,(H,27,30)(H,31,32)(H2,26,28,29,33)/b20-12+. The molecule has 0 radical (unpaired) electrons. The molecule has 170 valence electrons. The van der Waals surface area contributed by atoms with Crippen molar-refractivity contribution in [3.05, 3.63) is 89.0 Å². The lowest BCUT2D eigenvalue weighted by Crippen LogP contribution is -2.34. The van der Waals surface area contributed by atoms with Crippen LogP contribution in [0.4, 0.5) is 16.2 Å². The van der Waals surface area contributed by atoms with Crippen molar-refractivity contribution in [2.45, 2.75) is 0 Å². The molecule has 4 amide bonds. The number of aromatic carboxylic acids is 1. The van der Waals surface area contributed by atoms with Crippen molar-refractivity contribution in [3.63, 3.8) is 0 Å². The third-order valence-corrected chi connectivity index (χ3v) is 5.08. The molecule has 9 heteroatoms. The van der Waals surface area contributed by atoms with Crippen molar-refractivity contribution < 1.29 is 29.0 Å². The number of carbonyl (C=O) groups is 4. The maximum atomic E-state index is 12.5. The summed E-state index contributed by atoms with van der Waals surface area (Å²) in [5, 5.41) is 16.7. The van der Waals surface area contributed by atoms with Crippen LogP contribution in [0.15, 0.2) is 66.7 Å². The molecule has 0 aromatic heterocycles. The number of hydrogen-bond acceptors (Lipinski definition) is 5. The Kier molecular flexibility index (Phi) is 6.09. The average molecular weight is 457 g/mol. The number of methoxy groups -OCH3 is 1. The highest BCUT2D eigenvalue weighted by Gasteiger charge is 2.24. The van der Waals surface area contributed by atoms with Gasteiger partial charge in [-0.05, 0) is 60.2 Å². The predicted octanol–water partition coefficient (Wildman–Crippen LogP) is 3.85. The SMILES string of the molecule is COc1ccc(C(=O)NC(=O)Nc2ccc3c(c2)NC(=O)/C3=C/c2cccc(C(=O)O)c2)cc1. The minimum absolute atomic E-state index is 0.114. The first-order valence-electron chi connectivity index (χ1n) is 10.1. The molecule has 9 nitrogen and oxygen atoms in total. The van der Waals surface area contributed by atoms with Crippen molar-refractivity contribution >= 4 is 46.8 Å². The number of anilines is 2. The molecule has 34 heavy (non-hydrogen) atoms. The first-order chi connectivity index (χ1) is 16.3. The summed E-state index contributed by atoms with van der Waals surface area (Å²) in [4.78, 5) is 48.2. The Balaban J connectivity index is 1.47. The van der Waals surface area contributed by atoms with Gasteiger partial charge in [0.1, 0.15) is 5.75 Å². The van der Waals surface area contributed by atoms with E-state index in [9.17, 15) is 19.2 Å². The van der Waals surface area contributed by atoms with Crippen LogP contribution < -0.4 is 20.7 Å². The first kappa shape index (κ1) is 22.3. The zero-order chi connectivity index (χ0) is 24.2. The van der Waals surface area contributed by atoms with E-state index in [1.54, 1.807) is 48.5 Å². The molecule has 1 aliphatic rings. The molecule has 4 rings (SSSR count).